The quantitative estimate of drug-likeness (QED) is 0.0683. The molecule has 0 radical (unpaired) electrons. The van der Waals surface area contributed by atoms with Crippen LogP contribution in [0.5, 0.6) is 0 Å². The van der Waals surface area contributed by atoms with Crippen molar-refractivity contribution in [2.75, 3.05) is 20.0 Å². The van der Waals surface area contributed by atoms with Gasteiger partial charge >= 0.3 is 17.9 Å². The second-order valence-electron chi connectivity index (χ2n) is 10.4. The molecule has 7 heteroatoms. The van der Waals surface area contributed by atoms with Crippen LogP contribution in [-0.4, -0.2) is 43.0 Å². The molecule has 0 atom stereocenters. The number of aliphatic hydroxyl groups is 1. The van der Waals surface area contributed by atoms with Crippen LogP contribution in [0.3, 0.4) is 0 Å². The molecular weight excluding hydrogens is 544 g/mol. The number of unbranched alkanes of at least 4 members (excludes halogenated alkanes) is 10. The molecule has 7 nitrogen and oxygen atoms in total. The fourth-order valence-corrected chi connectivity index (χ4v) is 4.63. The average molecular weight is 593 g/mol. The van der Waals surface area contributed by atoms with Gasteiger partial charge in [-0.3, -0.25) is 0 Å². The van der Waals surface area contributed by atoms with Crippen molar-refractivity contribution in [3.63, 3.8) is 0 Å². The molecule has 3 aromatic rings. The first kappa shape index (κ1) is 35.5. The summed E-state index contributed by atoms with van der Waals surface area (Å²) in [4.78, 5) is 36.2. The van der Waals surface area contributed by atoms with Gasteiger partial charge in [0.1, 0.15) is 0 Å². The van der Waals surface area contributed by atoms with Crippen molar-refractivity contribution in [3.8, 4) is 0 Å². The maximum atomic E-state index is 12.4. The van der Waals surface area contributed by atoms with Crippen molar-refractivity contribution in [1.29, 1.82) is 0 Å². The van der Waals surface area contributed by atoms with Gasteiger partial charge in [-0.15, -0.1) is 0 Å². The number of esters is 3. The highest BCUT2D eigenvalue weighted by Crippen LogP contribution is 2.19. The number of hydrogen-bond acceptors (Lipinski definition) is 7. The Balaban J connectivity index is 0.000000358. The smallest absolute Gasteiger partial charge is 0.340 e. The fourth-order valence-electron chi connectivity index (χ4n) is 4.63. The summed E-state index contributed by atoms with van der Waals surface area (Å²) in [6.07, 6.45) is 13.6. The maximum Gasteiger partial charge on any atom is 0.340 e. The molecule has 0 spiro atoms. The number of hydrogen-bond donors (Lipinski definition) is 1. The summed E-state index contributed by atoms with van der Waals surface area (Å²) in [5.41, 5.74) is 1.06. The van der Waals surface area contributed by atoms with Gasteiger partial charge in [-0.05, 0) is 41.8 Å². The van der Waals surface area contributed by atoms with E-state index in [-0.39, 0.29) is 0 Å². The Morgan fingerprint density at radius 1 is 0.512 bits per heavy atom. The lowest BCUT2D eigenvalue weighted by Crippen LogP contribution is -2.15. The van der Waals surface area contributed by atoms with E-state index >= 15 is 0 Å². The van der Waals surface area contributed by atoms with Crippen LogP contribution in [0, 0.1) is 0 Å². The van der Waals surface area contributed by atoms with Crippen LogP contribution in [-0.2, 0) is 14.2 Å². The van der Waals surface area contributed by atoms with Gasteiger partial charge in [-0.25, -0.2) is 14.4 Å². The first-order chi connectivity index (χ1) is 21.0. The van der Waals surface area contributed by atoms with Gasteiger partial charge < -0.3 is 19.3 Å². The number of carbonyl (C=O) groups excluding carboxylic acids is 3. The summed E-state index contributed by atoms with van der Waals surface area (Å²) < 4.78 is 15.3. The summed E-state index contributed by atoms with van der Waals surface area (Å²) in [6.45, 7) is 4.58. The largest absolute Gasteiger partial charge is 0.462 e. The number of benzene rings is 3. The van der Waals surface area contributed by atoms with Crippen molar-refractivity contribution in [2.45, 2.75) is 90.9 Å². The molecule has 0 aliphatic heterocycles. The summed E-state index contributed by atoms with van der Waals surface area (Å²) in [7, 11) is 0. The minimum Gasteiger partial charge on any atom is -0.462 e. The lowest BCUT2D eigenvalue weighted by Gasteiger charge is -2.10. The predicted octanol–water partition coefficient (Wildman–Crippen LogP) is 8.67. The monoisotopic (exact) mass is 592 g/mol. The summed E-state index contributed by atoms with van der Waals surface area (Å²) in [5, 5.41) is 10.3. The average Bonchev–Trinajstić information content (AvgIpc) is 3.04. The first-order valence-electron chi connectivity index (χ1n) is 15.7. The zero-order valence-corrected chi connectivity index (χ0v) is 25.9. The molecule has 0 saturated heterocycles. The summed E-state index contributed by atoms with van der Waals surface area (Å²) >= 11 is 0. The van der Waals surface area contributed by atoms with Gasteiger partial charge in [0.05, 0.1) is 29.9 Å². The SMILES string of the molecule is CCCCCCCCOC(=O)c1ccccc1C(=O)OCCCCCCCC.O=C(OCO)c1cccc2ccccc12. The minimum atomic E-state index is -0.595. The number of ether oxygens (including phenoxy) is 3. The third-order valence-electron chi connectivity index (χ3n) is 7.03. The Hall–Kier alpha value is -3.71. The third-order valence-corrected chi connectivity index (χ3v) is 7.03. The van der Waals surface area contributed by atoms with E-state index in [0.29, 0.717) is 29.9 Å². The van der Waals surface area contributed by atoms with E-state index < -0.39 is 24.7 Å². The number of rotatable bonds is 18. The maximum absolute atomic E-state index is 12.4. The zero-order valence-electron chi connectivity index (χ0n) is 25.9. The molecule has 43 heavy (non-hydrogen) atoms. The van der Waals surface area contributed by atoms with Gasteiger partial charge in [0.15, 0.2) is 6.79 Å². The van der Waals surface area contributed by atoms with Crippen LogP contribution in [0.1, 0.15) is 122 Å². The van der Waals surface area contributed by atoms with Crippen LogP contribution >= 0.6 is 0 Å². The molecule has 0 amide bonds. The van der Waals surface area contributed by atoms with E-state index in [4.69, 9.17) is 14.6 Å². The van der Waals surface area contributed by atoms with E-state index in [2.05, 4.69) is 18.6 Å². The molecule has 0 aromatic heterocycles. The lowest BCUT2D eigenvalue weighted by atomic mass is 10.1. The Morgan fingerprint density at radius 2 is 0.930 bits per heavy atom. The molecule has 3 aromatic carbocycles. The highest BCUT2D eigenvalue weighted by Gasteiger charge is 2.18. The molecule has 234 valence electrons. The van der Waals surface area contributed by atoms with Crippen molar-refractivity contribution in [1.82, 2.24) is 0 Å². The van der Waals surface area contributed by atoms with E-state index in [0.717, 1.165) is 36.5 Å². The second-order valence-corrected chi connectivity index (χ2v) is 10.4. The number of carbonyl (C=O) groups is 3. The molecular formula is C36H48O7. The third kappa shape index (κ3) is 13.4. The van der Waals surface area contributed by atoms with Crippen molar-refractivity contribution in [2.24, 2.45) is 0 Å². The highest BCUT2D eigenvalue weighted by molar-refractivity contribution is 6.04. The van der Waals surface area contributed by atoms with E-state index in [1.807, 2.05) is 30.3 Å². The molecule has 0 heterocycles. The van der Waals surface area contributed by atoms with Crippen LogP contribution in [0.4, 0.5) is 0 Å². The predicted molar refractivity (Wildman–Crippen MR) is 170 cm³/mol. The van der Waals surface area contributed by atoms with E-state index in [9.17, 15) is 14.4 Å². The highest BCUT2D eigenvalue weighted by atomic mass is 16.6. The van der Waals surface area contributed by atoms with Crippen LogP contribution < -0.4 is 0 Å². The van der Waals surface area contributed by atoms with Crippen LogP contribution in [0.2, 0.25) is 0 Å². The zero-order chi connectivity index (χ0) is 31.1. The Labute approximate surface area is 256 Å². The normalized spacial score (nSPS) is 10.5. The molecule has 3 rings (SSSR count). The van der Waals surface area contributed by atoms with E-state index in [1.54, 1.807) is 36.4 Å². The van der Waals surface area contributed by atoms with E-state index in [1.165, 1.54) is 51.4 Å². The number of fused-ring (bicyclic) bond motifs is 1. The molecule has 0 bridgehead atoms. The summed E-state index contributed by atoms with van der Waals surface area (Å²) in [5.74, 6) is -1.39. The Bertz CT molecular complexity index is 1180. The molecule has 0 aliphatic carbocycles. The number of aliphatic hydroxyl groups excluding tert-OH is 1. The van der Waals surface area contributed by atoms with Crippen LogP contribution in [0.25, 0.3) is 10.8 Å². The molecule has 0 fully saturated rings. The Morgan fingerprint density at radius 3 is 1.47 bits per heavy atom. The molecule has 0 unspecified atom stereocenters. The summed E-state index contributed by atoms with van der Waals surface area (Å²) in [6, 6.07) is 19.7. The van der Waals surface area contributed by atoms with Gasteiger partial charge in [-0.1, -0.05) is 127 Å². The van der Waals surface area contributed by atoms with Crippen LogP contribution in [0.15, 0.2) is 66.7 Å². The van der Waals surface area contributed by atoms with Gasteiger partial charge in [0.2, 0.25) is 0 Å². The second kappa shape index (κ2) is 21.9. The van der Waals surface area contributed by atoms with Gasteiger partial charge in [-0.2, -0.15) is 0 Å². The first-order valence-corrected chi connectivity index (χ1v) is 15.7. The van der Waals surface area contributed by atoms with Gasteiger partial charge in [0, 0.05) is 0 Å². The lowest BCUT2D eigenvalue weighted by molar-refractivity contribution is 0.00700. The molecule has 1 N–H and O–H groups in total. The topological polar surface area (TPSA) is 99.1 Å². The molecule has 0 saturated carbocycles. The standard InChI is InChI=1S/C24H38O4.C12H10O3/c1-3-5-7-9-11-15-19-27-23(25)21-17-13-14-18-22(21)24(26)28-20-16-12-10-8-6-4-2;13-8-15-12(14)11-7-3-5-9-4-1-2-6-10(9)11/h13-14,17-18H,3-12,15-16,19-20H2,1-2H3;1-7,13H,8H2. The fraction of sp³-hybridized carbons (Fsp3) is 0.472. The minimum absolute atomic E-state index is 0.293. The van der Waals surface area contributed by atoms with Crippen molar-refractivity contribution < 1.29 is 33.7 Å². The Kier molecular flexibility index (Phi) is 18.1. The molecule has 0 aliphatic rings. The van der Waals surface area contributed by atoms with Gasteiger partial charge in [0.25, 0.3) is 0 Å². The van der Waals surface area contributed by atoms with Crippen molar-refractivity contribution in [3.05, 3.63) is 83.4 Å². The van der Waals surface area contributed by atoms with Crippen molar-refractivity contribution >= 4 is 28.7 Å².